The maximum Gasteiger partial charge on any atom is 0.226 e. The second kappa shape index (κ2) is 8.30. The van der Waals surface area contributed by atoms with E-state index in [0.717, 1.165) is 24.4 Å². The van der Waals surface area contributed by atoms with Crippen LogP contribution in [0, 0.1) is 5.92 Å². The molecule has 2 aromatic rings. The van der Waals surface area contributed by atoms with E-state index in [1.165, 1.54) is 23.3 Å². The Morgan fingerprint density at radius 3 is 2.64 bits per heavy atom. The normalized spacial score (nSPS) is 24.6. The van der Waals surface area contributed by atoms with E-state index in [9.17, 15) is 4.79 Å². The molecule has 2 N–H and O–H groups in total. The van der Waals surface area contributed by atoms with Gasteiger partial charge >= 0.3 is 0 Å². The first-order chi connectivity index (χ1) is 11.7. The zero-order valence-electron chi connectivity index (χ0n) is 14.1. The fourth-order valence-corrected chi connectivity index (χ4v) is 4.88. The van der Waals surface area contributed by atoms with Gasteiger partial charge in [0.15, 0.2) is 5.13 Å². The predicted octanol–water partition coefficient (Wildman–Crippen LogP) is 4.01. The molecule has 2 unspecified atom stereocenters. The standard InChI is InChI=1S/C19H23N3OS.ClH/c23-18(11-14-8-15-6-7-16(9-14)21-15)22-19-20-12-17(24-19)10-13-4-2-1-3-5-13;/h1-5,12,14-16,21H,6-11H2,(H,20,22,23);1H. The number of nitrogens with one attached hydrogen (secondary N) is 2. The number of hydrogen-bond acceptors (Lipinski definition) is 4. The van der Waals surface area contributed by atoms with Crippen molar-refractivity contribution < 1.29 is 4.79 Å². The molecule has 6 heteroatoms. The molecule has 1 aromatic heterocycles. The average molecular weight is 378 g/mol. The van der Waals surface area contributed by atoms with E-state index in [2.05, 4.69) is 27.8 Å². The number of halogens is 1. The van der Waals surface area contributed by atoms with E-state index in [1.54, 1.807) is 11.3 Å². The van der Waals surface area contributed by atoms with Gasteiger partial charge in [0, 0.05) is 36.0 Å². The number of piperidine rings is 1. The van der Waals surface area contributed by atoms with Crippen LogP contribution >= 0.6 is 23.7 Å². The Labute approximate surface area is 158 Å². The number of rotatable bonds is 5. The van der Waals surface area contributed by atoms with Crippen LogP contribution in [-0.4, -0.2) is 23.0 Å². The highest BCUT2D eigenvalue weighted by atomic mass is 35.5. The highest BCUT2D eigenvalue weighted by molar-refractivity contribution is 7.15. The lowest BCUT2D eigenvalue weighted by Crippen LogP contribution is -2.39. The van der Waals surface area contributed by atoms with Gasteiger partial charge in [0.25, 0.3) is 0 Å². The first-order valence-corrected chi connectivity index (χ1v) is 9.61. The highest BCUT2D eigenvalue weighted by Gasteiger charge is 2.34. The van der Waals surface area contributed by atoms with Gasteiger partial charge in [0.2, 0.25) is 5.91 Å². The van der Waals surface area contributed by atoms with E-state index in [4.69, 9.17) is 0 Å². The van der Waals surface area contributed by atoms with Crippen molar-refractivity contribution in [2.75, 3.05) is 5.32 Å². The number of hydrogen-bond donors (Lipinski definition) is 2. The molecule has 0 spiro atoms. The molecule has 2 fully saturated rings. The summed E-state index contributed by atoms with van der Waals surface area (Å²) in [6, 6.07) is 11.6. The third-order valence-electron chi connectivity index (χ3n) is 5.07. The van der Waals surface area contributed by atoms with Crippen molar-refractivity contribution in [3.05, 3.63) is 47.0 Å². The molecule has 0 radical (unpaired) electrons. The molecule has 1 aromatic carbocycles. The first-order valence-electron chi connectivity index (χ1n) is 8.79. The smallest absolute Gasteiger partial charge is 0.226 e. The number of carbonyl (C=O) groups is 1. The molecular weight excluding hydrogens is 354 g/mol. The number of thiazole rings is 1. The summed E-state index contributed by atoms with van der Waals surface area (Å²) in [7, 11) is 0. The van der Waals surface area contributed by atoms with Gasteiger partial charge in [-0.05, 0) is 37.2 Å². The topological polar surface area (TPSA) is 54.0 Å². The Morgan fingerprint density at radius 1 is 1.20 bits per heavy atom. The first kappa shape index (κ1) is 18.4. The number of benzene rings is 1. The summed E-state index contributed by atoms with van der Waals surface area (Å²) in [5.74, 6) is 0.634. The molecule has 4 nitrogen and oxygen atoms in total. The van der Waals surface area contributed by atoms with Gasteiger partial charge in [0.1, 0.15) is 0 Å². The van der Waals surface area contributed by atoms with Crippen LogP contribution in [0.15, 0.2) is 36.5 Å². The molecule has 3 heterocycles. The number of nitrogens with zero attached hydrogens (tertiary/aromatic N) is 1. The lowest BCUT2D eigenvalue weighted by Gasteiger charge is -2.28. The third-order valence-corrected chi connectivity index (χ3v) is 5.98. The summed E-state index contributed by atoms with van der Waals surface area (Å²) in [4.78, 5) is 17.9. The fraction of sp³-hybridized carbons (Fsp3) is 0.474. The predicted molar refractivity (Wildman–Crippen MR) is 105 cm³/mol. The van der Waals surface area contributed by atoms with Gasteiger partial charge in [-0.1, -0.05) is 30.3 Å². The van der Waals surface area contributed by atoms with E-state index in [-0.39, 0.29) is 18.3 Å². The van der Waals surface area contributed by atoms with E-state index < -0.39 is 0 Å². The maximum absolute atomic E-state index is 12.3. The van der Waals surface area contributed by atoms with Crippen LogP contribution in [0.4, 0.5) is 5.13 Å². The van der Waals surface area contributed by atoms with Gasteiger partial charge in [0.05, 0.1) is 0 Å². The van der Waals surface area contributed by atoms with Crippen LogP contribution in [0.5, 0.6) is 0 Å². The number of fused-ring (bicyclic) bond motifs is 2. The van der Waals surface area contributed by atoms with Crippen molar-refractivity contribution in [1.29, 1.82) is 0 Å². The van der Waals surface area contributed by atoms with Gasteiger partial charge in [-0.25, -0.2) is 4.98 Å². The molecule has 4 rings (SSSR count). The molecule has 2 aliphatic heterocycles. The average Bonchev–Trinajstić information content (AvgIpc) is 3.14. The molecule has 0 aliphatic carbocycles. The molecule has 2 aliphatic rings. The minimum absolute atomic E-state index is 0. The third kappa shape index (κ3) is 4.81. The summed E-state index contributed by atoms with van der Waals surface area (Å²) in [6.45, 7) is 0. The summed E-state index contributed by atoms with van der Waals surface area (Å²) < 4.78 is 0. The minimum atomic E-state index is 0. The summed E-state index contributed by atoms with van der Waals surface area (Å²) in [5, 5.41) is 7.35. The Balaban J connectivity index is 0.00000182. The maximum atomic E-state index is 12.3. The van der Waals surface area contributed by atoms with Gasteiger partial charge in [-0.3, -0.25) is 4.79 Å². The molecule has 2 bridgehead atoms. The van der Waals surface area contributed by atoms with Crippen molar-refractivity contribution >= 4 is 34.8 Å². The van der Waals surface area contributed by atoms with E-state index in [1.807, 2.05) is 24.4 Å². The second-order valence-electron chi connectivity index (χ2n) is 7.02. The Hall–Kier alpha value is -1.43. The van der Waals surface area contributed by atoms with Crippen LogP contribution in [0.3, 0.4) is 0 Å². The molecule has 2 atom stereocenters. The van der Waals surface area contributed by atoms with Crippen LogP contribution in [-0.2, 0) is 11.2 Å². The van der Waals surface area contributed by atoms with Crippen LogP contribution < -0.4 is 10.6 Å². The summed E-state index contributed by atoms with van der Waals surface area (Å²) >= 11 is 1.58. The number of carbonyl (C=O) groups excluding carboxylic acids is 1. The van der Waals surface area contributed by atoms with Crippen LogP contribution in [0.1, 0.15) is 42.5 Å². The van der Waals surface area contributed by atoms with Gasteiger partial charge < -0.3 is 10.6 Å². The van der Waals surface area contributed by atoms with Gasteiger partial charge in [-0.15, -0.1) is 23.7 Å². The Kier molecular flexibility index (Phi) is 6.10. The quantitative estimate of drug-likeness (QED) is 0.827. The molecule has 0 saturated carbocycles. The molecule has 25 heavy (non-hydrogen) atoms. The molecule has 1 amide bonds. The van der Waals surface area contributed by atoms with Crippen molar-refractivity contribution in [3.63, 3.8) is 0 Å². The van der Waals surface area contributed by atoms with Crippen molar-refractivity contribution in [3.8, 4) is 0 Å². The van der Waals surface area contributed by atoms with Crippen molar-refractivity contribution in [1.82, 2.24) is 10.3 Å². The molecule has 134 valence electrons. The summed E-state index contributed by atoms with van der Waals surface area (Å²) in [6.07, 6.45) is 8.20. The zero-order valence-corrected chi connectivity index (χ0v) is 15.7. The van der Waals surface area contributed by atoms with Crippen molar-refractivity contribution in [2.24, 2.45) is 5.92 Å². The number of amides is 1. The Bertz CT molecular complexity index is 694. The lowest BCUT2D eigenvalue weighted by atomic mass is 9.89. The van der Waals surface area contributed by atoms with Crippen LogP contribution in [0.25, 0.3) is 0 Å². The molecular formula is C19H24ClN3OS. The zero-order chi connectivity index (χ0) is 16.4. The largest absolute Gasteiger partial charge is 0.311 e. The number of aromatic nitrogens is 1. The lowest BCUT2D eigenvalue weighted by molar-refractivity contribution is -0.117. The fourth-order valence-electron chi connectivity index (χ4n) is 4.02. The minimum Gasteiger partial charge on any atom is -0.311 e. The Morgan fingerprint density at radius 2 is 1.92 bits per heavy atom. The summed E-state index contributed by atoms with van der Waals surface area (Å²) in [5.41, 5.74) is 1.27. The molecule has 2 saturated heterocycles. The van der Waals surface area contributed by atoms with Crippen molar-refractivity contribution in [2.45, 2.75) is 50.6 Å². The second-order valence-corrected chi connectivity index (χ2v) is 8.14. The highest BCUT2D eigenvalue weighted by Crippen LogP contribution is 2.33. The van der Waals surface area contributed by atoms with E-state index in [0.29, 0.717) is 24.4 Å². The SMILES string of the molecule is Cl.O=C(CC1CC2CCC(C1)N2)Nc1ncc(Cc2ccccc2)s1. The monoisotopic (exact) mass is 377 g/mol. The van der Waals surface area contributed by atoms with Gasteiger partial charge in [-0.2, -0.15) is 0 Å². The van der Waals surface area contributed by atoms with E-state index >= 15 is 0 Å². The number of anilines is 1. The van der Waals surface area contributed by atoms with Crippen LogP contribution in [0.2, 0.25) is 0 Å².